The molecular weight excluding hydrogens is 512 g/mol. The summed E-state index contributed by atoms with van der Waals surface area (Å²) in [6, 6.07) is 9.55. The molecule has 0 aliphatic carbocycles. The van der Waals surface area contributed by atoms with Crippen molar-refractivity contribution in [2.24, 2.45) is 0 Å². The zero-order chi connectivity index (χ0) is 28.5. The Labute approximate surface area is 224 Å². The molecule has 2 aromatic carbocycles. The van der Waals surface area contributed by atoms with Crippen LogP contribution in [0.25, 0.3) is 0 Å². The van der Waals surface area contributed by atoms with Crippen molar-refractivity contribution in [3.8, 4) is 11.8 Å². The SMILES string of the molecule is COCC12CC(=O)N(c3c(F)cc(C#Cc4ccccc4)cc3F)C(=O)N1CCN(C(=O)OC(C)(C)C)C2=O. The van der Waals surface area contributed by atoms with Crippen LogP contribution in [0, 0.1) is 23.5 Å². The van der Waals surface area contributed by atoms with Crippen LogP contribution in [0.3, 0.4) is 0 Å². The van der Waals surface area contributed by atoms with Crippen LogP contribution in [-0.4, -0.2) is 71.7 Å². The third kappa shape index (κ3) is 5.33. The Morgan fingerprint density at radius 1 is 1.00 bits per heavy atom. The summed E-state index contributed by atoms with van der Waals surface area (Å²) >= 11 is 0. The smallest absolute Gasteiger partial charge is 0.417 e. The summed E-state index contributed by atoms with van der Waals surface area (Å²) in [7, 11) is 1.27. The zero-order valence-electron chi connectivity index (χ0n) is 21.9. The van der Waals surface area contributed by atoms with Gasteiger partial charge in [-0.25, -0.2) is 28.2 Å². The fraction of sp³-hybridized carbons (Fsp3) is 0.357. The summed E-state index contributed by atoms with van der Waals surface area (Å²) < 4.78 is 40.9. The zero-order valence-corrected chi connectivity index (χ0v) is 21.9. The highest BCUT2D eigenvalue weighted by Crippen LogP contribution is 2.37. The minimum Gasteiger partial charge on any atom is -0.443 e. The normalized spacial score (nSPS) is 19.4. The second-order valence-corrected chi connectivity index (χ2v) is 10.1. The van der Waals surface area contributed by atoms with Gasteiger partial charge in [-0.2, -0.15) is 0 Å². The summed E-state index contributed by atoms with van der Waals surface area (Å²) in [6.45, 7) is 4.01. The fourth-order valence-corrected chi connectivity index (χ4v) is 4.55. The van der Waals surface area contributed by atoms with Crippen molar-refractivity contribution >= 4 is 29.6 Å². The van der Waals surface area contributed by atoms with Crippen molar-refractivity contribution in [2.75, 3.05) is 31.7 Å². The Balaban J connectivity index is 1.66. The summed E-state index contributed by atoms with van der Waals surface area (Å²) in [5.74, 6) is 1.19. The van der Waals surface area contributed by atoms with Gasteiger partial charge in [-0.3, -0.25) is 9.59 Å². The minimum atomic E-state index is -1.89. The van der Waals surface area contributed by atoms with E-state index in [0.717, 1.165) is 21.9 Å². The van der Waals surface area contributed by atoms with Gasteiger partial charge in [-0.1, -0.05) is 30.0 Å². The lowest BCUT2D eigenvalue weighted by atomic mass is 9.86. The van der Waals surface area contributed by atoms with Gasteiger partial charge in [-0.15, -0.1) is 0 Å². The summed E-state index contributed by atoms with van der Waals surface area (Å²) in [5, 5.41) is 0. The number of ether oxygens (including phenoxy) is 2. The molecule has 2 saturated heterocycles. The maximum atomic E-state index is 15.2. The lowest BCUT2D eigenvalue weighted by Crippen LogP contribution is -2.76. The standard InChI is InChI=1S/C28H27F2N3O6/c1-27(2,3)39-26(37)31-12-13-32-25(36)33(22(34)16-28(32,17-38-4)24(31)35)23-20(29)14-19(15-21(23)30)11-10-18-8-6-5-7-9-18/h5-9,14-15H,12-13,16-17H2,1-4H3. The van der Waals surface area contributed by atoms with E-state index in [4.69, 9.17) is 9.47 Å². The number of amides is 5. The van der Waals surface area contributed by atoms with Gasteiger partial charge < -0.3 is 14.4 Å². The van der Waals surface area contributed by atoms with Crippen molar-refractivity contribution in [3.63, 3.8) is 0 Å². The molecule has 2 heterocycles. The highest BCUT2D eigenvalue weighted by atomic mass is 19.1. The molecular formula is C28H27F2N3O6. The van der Waals surface area contributed by atoms with E-state index >= 15 is 8.78 Å². The number of rotatable bonds is 3. The number of carbonyl (C=O) groups excluding carboxylic acids is 4. The average Bonchev–Trinajstić information content (AvgIpc) is 2.85. The summed E-state index contributed by atoms with van der Waals surface area (Å²) in [4.78, 5) is 55.2. The Morgan fingerprint density at radius 3 is 2.21 bits per heavy atom. The first kappa shape index (κ1) is 27.7. The molecule has 2 aromatic rings. The van der Waals surface area contributed by atoms with Crippen LogP contribution in [-0.2, 0) is 19.1 Å². The van der Waals surface area contributed by atoms with Crippen LogP contribution in [0.5, 0.6) is 0 Å². The molecule has 5 amide bonds. The second kappa shape index (κ2) is 10.5. The van der Waals surface area contributed by atoms with Gasteiger partial charge >= 0.3 is 12.1 Å². The number of anilines is 1. The molecule has 1 atom stereocenters. The topological polar surface area (TPSA) is 96.5 Å². The van der Waals surface area contributed by atoms with Gasteiger partial charge in [0, 0.05) is 31.3 Å². The number of fused-ring (bicyclic) bond motifs is 1. The van der Waals surface area contributed by atoms with E-state index in [1.165, 1.54) is 7.11 Å². The molecule has 9 nitrogen and oxygen atoms in total. The summed E-state index contributed by atoms with van der Waals surface area (Å²) in [5.41, 5.74) is -3.02. The van der Waals surface area contributed by atoms with Crippen molar-refractivity contribution < 1.29 is 37.4 Å². The first-order chi connectivity index (χ1) is 18.4. The van der Waals surface area contributed by atoms with Gasteiger partial charge in [0.05, 0.1) is 13.0 Å². The van der Waals surface area contributed by atoms with Crippen LogP contribution in [0.2, 0.25) is 0 Å². The Bertz CT molecular complexity index is 1370. The van der Waals surface area contributed by atoms with Gasteiger partial charge in [0.2, 0.25) is 5.91 Å². The number of halogens is 2. The minimum absolute atomic E-state index is 0.00407. The van der Waals surface area contributed by atoms with Crippen LogP contribution >= 0.6 is 0 Å². The molecule has 2 aliphatic rings. The third-order valence-corrected chi connectivity index (χ3v) is 6.18. The van der Waals surface area contributed by atoms with E-state index in [0.29, 0.717) is 10.5 Å². The molecule has 0 bridgehead atoms. The number of methoxy groups -OCH3 is 1. The third-order valence-electron chi connectivity index (χ3n) is 6.18. The molecule has 0 N–H and O–H groups in total. The lowest BCUT2D eigenvalue weighted by molar-refractivity contribution is -0.156. The van der Waals surface area contributed by atoms with Crippen LogP contribution in [0.1, 0.15) is 38.3 Å². The van der Waals surface area contributed by atoms with Crippen molar-refractivity contribution in [3.05, 3.63) is 65.2 Å². The quantitative estimate of drug-likeness (QED) is 0.553. The first-order valence-corrected chi connectivity index (χ1v) is 12.1. The van der Waals surface area contributed by atoms with E-state index in [1.54, 1.807) is 51.1 Å². The van der Waals surface area contributed by atoms with Gasteiger partial charge in [0.25, 0.3) is 5.91 Å². The molecule has 0 radical (unpaired) electrons. The van der Waals surface area contributed by atoms with Crippen LogP contribution in [0.4, 0.5) is 24.1 Å². The largest absolute Gasteiger partial charge is 0.443 e. The predicted octanol–water partition coefficient (Wildman–Crippen LogP) is 3.69. The number of hydrogen-bond donors (Lipinski definition) is 0. The highest BCUT2D eigenvalue weighted by molar-refractivity contribution is 6.20. The van der Waals surface area contributed by atoms with Gasteiger partial charge in [0.15, 0.2) is 17.2 Å². The molecule has 2 aliphatic heterocycles. The first-order valence-electron chi connectivity index (χ1n) is 12.1. The van der Waals surface area contributed by atoms with Crippen LogP contribution in [0.15, 0.2) is 42.5 Å². The number of carbonyl (C=O) groups is 4. The van der Waals surface area contributed by atoms with E-state index < -0.39 is 65.4 Å². The molecule has 39 heavy (non-hydrogen) atoms. The number of nitrogens with zero attached hydrogens (tertiary/aromatic N) is 3. The average molecular weight is 540 g/mol. The van der Waals surface area contributed by atoms with Crippen molar-refractivity contribution in [1.82, 2.24) is 9.80 Å². The fourth-order valence-electron chi connectivity index (χ4n) is 4.55. The monoisotopic (exact) mass is 539 g/mol. The molecule has 204 valence electrons. The molecule has 1 unspecified atom stereocenters. The molecule has 4 rings (SSSR count). The predicted molar refractivity (Wildman–Crippen MR) is 136 cm³/mol. The lowest BCUT2D eigenvalue weighted by Gasteiger charge is -2.51. The maximum absolute atomic E-state index is 15.2. The molecule has 2 fully saturated rings. The maximum Gasteiger partial charge on any atom is 0.417 e. The van der Waals surface area contributed by atoms with Crippen molar-refractivity contribution in [2.45, 2.75) is 38.3 Å². The molecule has 0 saturated carbocycles. The van der Waals surface area contributed by atoms with E-state index in [2.05, 4.69) is 11.8 Å². The van der Waals surface area contributed by atoms with Crippen LogP contribution < -0.4 is 4.90 Å². The van der Waals surface area contributed by atoms with Gasteiger partial charge in [0.1, 0.15) is 11.3 Å². The second-order valence-electron chi connectivity index (χ2n) is 10.1. The molecule has 0 aromatic heterocycles. The molecule has 0 spiro atoms. The number of urea groups is 1. The Kier molecular flexibility index (Phi) is 7.44. The van der Waals surface area contributed by atoms with E-state index in [9.17, 15) is 19.2 Å². The number of hydrogen-bond acceptors (Lipinski definition) is 6. The number of benzene rings is 2. The Hall–Kier alpha value is -4.30. The number of imide groups is 2. The molecule has 11 heteroatoms. The highest BCUT2D eigenvalue weighted by Gasteiger charge is 2.60. The van der Waals surface area contributed by atoms with Gasteiger partial charge in [-0.05, 0) is 45.0 Å². The Morgan fingerprint density at radius 2 is 1.62 bits per heavy atom. The summed E-state index contributed by atoms with van der Waals surface area (Å²) in [6.07, 6.45) is -1.60. The van der Waals surface area contributed by atoms with E-state index in [-0.39, 0.29) is 18.7 Å². The number of piperazine rings is 1. The van der Waals surface area contributed by atoms with E-state index in [1.807, 2.05) is 0 Å². The van der Waals surface area contributed by atoms with Crippen molar-refractivity contribution in [1.29, 1.82) is 0 Å².